The fourth-order valence-electron chi connectivity index (χ4n) is 4.35. The first-order valence-electron chi connectivity index (χ1n) is 11.8. The number of benzene rings is 3. The Hall–Kier alpha value is -3.97. The zero-order chi connectivity index (χ0) is 25.3. The molecule has 1 amide bonds. The summed E-state index contributed by atoms with van der Waals surface area (Å²) in [5, 5.41) is 12.4. The normalized spacial score (nSPS) is 14.6. The maximum absolute atomic E-state index is 12.6. The molecule has 0 bridgehead atoms. The zero-order valence-electron chi connectivity index (χ0n) is 20.0. The molecule has 4 aromatic rings. The van der Waals surface area contributed by atoms with E-state index in [2.05, 4.69) is 9.69 Å². The van der Waals surface area contributed by atoms with Crippen molar-refractivity contribution >= 4 is 29.3 Å². The molecule has 182 valence electrons. The molecule has 7 heteroatoms. The van der Waals surface area contributed by atoms with Gasteiger partial charge >= 0.3 is 12.1 Å². The van der Waals surface area contributed by atoms with Crippen molar-refractivity contribution in [1.82, 2.24) is 4.37 Å². The van der Waals surface area contributed by atoms with Crippen molar-refractivity contribution < 1.29 is 19.4 Å². The highest BCUT2D eigenvalue weighted by Crippen LogP contribution is 2.48. The van der Waals surface area contributed by atoms with Crippen molar-refractivity contribution in [2.75, 3.05) is 5.32 Å². The minimum absolute atomic E-state index is 0.377. The molecule has 0 unspecified atom stereocenters. The van der Waals surface area contributed by atoms with Crippen molar-refractivity contribution in [1.29, 1.82) is 0 Å². The molecule has 0 radical (unpaired) electrons. The second-order valence-corrected chi connectivity index (χ2v) is 10.1. The van der Waals surface area contributed by atoms with Crippen molar-refractivity contribution in [3.8, 4) is 22.4 Å². The summed E-state index contributed by atoms with van der Waals surface area (Å²) in [4.78, 5) is 25.1. The molecular formula is C29H26N2O4S. The van der Waals surface area contributed by atoms with Gasteiger partial charge in [-0.1, -0.05) is 78.9 Å². The molecule has 0 aliphatic heterocycles. The molecule has 1 heterocycles. The van der Waals surface area contributed by atoms with Gasteiger partial charge in [0.2, 0.25) is 0 Å². The Labute approximate surface area is 213 Å². The van der Waals surface area contributed by atoms with Crippen molar-refractivity contribution in [2.45, 2.75) is 38.2 Å². The Morgan fingerprint density at radius 2 is 1.53 bits per heavy atom. The Balaban J connectivity index is 1.30. The van der Waals surface area contributed by atoms with E-state index in [1.54, 1.807) is 0 Å². The van der Waals surface area contributed by atoms with Crippen LogP contribution in [0.3, 0.4) is 0 Å². The number of aryl methyl sites for hydroxylation is 1. The average Bonchev–Trinajstić information content (AvgIpc) is 3.64. The van der Waals surface area contributed by atoms with Crippen LogP contribution >= 0.6 is 11.5 Å². The number of carbonyl (C=O) groups excluding carboxylic acids is 1. The maximum Gasteiger partial charge on any atom is 0.412 e. The third-order valence-electron chi connectivity index (χ3n) is 6.73. The molecule has 0 spiro atoms. The number of amides is 1. The van der Waals surface area contributed by atoms with Gasteiger partial charge in [0.25, 0.3) is 0 Å². The molecule has 6 nitrogen and oxygen atoms in total. The van der Waals surface area contributed by atoms with Gasteiger partial charge in [-0.05, 0) is 60.5 Å². The number of carboxylic acid groups (broad SMARTS) is 1. The molecule has 1 saturated carbocycles. The highest BCUT2D eigenvalue weighted by atomic mass is 32.1. The third kappa shape index (κ3) is 4.62. The van der Waals surface area contributed by atoms with E-state index >= 15 is 0 Å². The van der Waals surface area contributed by atoms with E-state index in [9.17, 15) is 14.7 Å². The van der Waals surface area contributed by atoms with Crippen LogP contribution in [-0.2, 0) is 14.9 Å². The molecule has 1 fully saturated rings. The van der Waals surface area contributed by atoms with Crippen LogP contribution in [-0.4, -0.2) is 21.5 Å². The van der Waals surface area contributed by atoms with Gasteiger partial charge in [0, 0.05) is 10.4 Å². The molecule has 1 atom stereocenters. The van der Waals surface area contributed by atoms with E-state index in [4.69, 9.17) is 4.74 Å². The van der Waals surface area contributed by atoms with Crippen LogP contribution in [0.5, 0.6) is 0 Å². The fourth-order valence-corrected chi connectivity index (χ4v) is 5.02. The van der Waals surface area contributed by atoms with Gasteiger partial charge in [-0.15, -0.1) is 0 Å². The lowest BCUT2D eigenvalue weighted by Crippen LogP contribution is -2.19. The first-order chi connectivity index (χ1) is 17.4. The number of carboxylic acids is 1. The number of aromatic nitrogens is 1. The van der Waals surface area contributed by atoms with Gasteiger partial charge in [-0.2, -0.15) is 4.37 Å². The maximum atomic E-state index is 12.6. The van der Waals surface area contributed by atoms with E-state index < -0.39 is 17.5 Å². The smallest absolute Gasteiger partial charge is 0.412 e. The molecule has 3 aromatic carbocycles. The van der Waals surface area contributed by atoms with E-state index in [-0.39, 0.29) is 6.10 Å². The Kier molecular flexibility index (Phi) is 6.33. The van der Waals surface area contributed by atoms with E-state index in [1.165, 1.54) is 11.5 Å². The SMILES string of the molecule is Cc1snc(-c2ccc(-c3ccc(C4(C(=O)O)CC4)cc3)cc2)c1NC(=O)O[C@H](C)c1ccccc1. The number of anilines is 1. The van der Waals surface area contributed by atoms with Gasteiger partial charge in [0.1, 0.15) is 11.8 Å². The largest absolute Gasteiger partial charge is 0.481 e. The Bertz CT molecular complexity index is 1390. The lowest BCUT2D eigenvalue weighted by Gasteiger charge is -2.15. The first-order valence-corrected chi connectivity index (χ1v) is 12.6. The monoisotopic (exact) mass is 498 g/mol. The van der Waals surface area contributed by atoms with Crippen LogP contribution in [0.15, 0.2) is 78.9 Å². The van der Waals surface area contributed by atoms with E-state index in [1.807, 2.05) is 92.7 Å². The second kappa shape index (κ2) is 9.59. The Morgan fingerprint density at radius 1 is 0.944 bits per heavy atom. The molecule has 0 saturated heterocycles. The summed E-state index contributed by atoms with van der Waals surface area (Å²) in [7, 11) is 0. The van der Waals surface area contributed by atoms with Crippen molar-refractivity contribution in [3.63, 3.8) is 0 Å². The average molecular weight is 499 g/mol. The fraction of sp³-hybridized carbons (Fsp3) is 0.207. The summed E-state index contributed by atoms with van der Waals surface area (Å²) in [6.07, 6.45) is 0.483. The quantitative estimate of drug-likeness (QED) is 0.281. The van der Waals surface area contributed by atoms with Crippen LogP contribution < -0.4 is 5.32 Å². The predicted molar refractivity (Wildman–Crippen MR) is 141 cm³/mol. The van der Waals surface area contributed by atoms with Crippen LogP contribution in [0.2, 0.25) is 0 Å². The molecule has 1 aliphatic carbocycles. The number of carbonyl (C=O) groups is 2. The number of ether oxygens (including phenoxy) is 1. The second-order valence-electron chi connectivity index (χ2n) is 9.09. The summed E-state index contributed by atoms with van der Waals surface area (Å²) in [5.41, 5.74) is 5.33. The summed E-state index contributed by atoms with van der Waals surface area (Å²) in [5.74, 6) is -0.749. The number of hydrogen-bond acceptors (Lipinski definition) is 5. The minimum atomic E-state index is -0.749. The molecule has 36 heavy (non-hydrogen) atoms. The topological polar surface area (TPSA) is 88.5 Å². The van der Waals surface area contributed by atoms with E-state index in [0.29, 0.717) is 24.2 Å². The summed E-state index contributed by atoms with van der Waals surface area (Å²) < 4.78 is 10.1. The van der Waals surface area contributed by atoms with Gasteiger partial charge < -0.3 is 9.84 Å². The predicted octanol–water partition coefficient (Wildman–Crippen LogP) is 7.21. The lowest BCUT2D eigenvalue weighted by molar-refractivity contribution is -0.140. The van der Waals surface area contributed by atoms with Gasteiger partial charge in [-0.3, -0.25) is 10.1 Å². The summed E-state index contributed by atoms with van der Waals surface area (Å²) in [6, 6.07) is 25.3. The molecule has 1 aromatic heterocycles. The van der Waals surface area contributed by atoms with Gasteiger partial charge in [-0.25, -0.2) is 4.79 Å². The number of aliphatic carboxylic acids is 1. The van der Waals surface area contributed by atoms with Crippen LogP contribution in [0, 0.1) is 6.92 Å². The van der Waals surface area contributed by atoms with Crippen molar-refractivity contribution in [3.05, 3.63) is 94.9 Å². The number of nitrogens with one attached hydrogen (secondary N) is 1. The van der Waals surface area contributed by atoms with E-state index in [0.717, 1.165) is 32.7 Å². The number of nitrogens with zero attached hydrogens (tertiary/aromatic N) is 1. The molecule has 1 aliphatic rings. The number of rotatable bonds is 7. The molecule has 2 N–H and O–H groups in total. The summed E-state index contributed by atoms with van der Waals surface area (Å²) >= 11 is 1.33. The first kappa shape index (κ1) is 23.8. The molecular weight excluding hydrogens is 472 g/mol. The van der Waals surface area contributed by atoms with Gasteiger partial charge in [0.15, 0.2) is 0 Å². The molecule has 5 rings (SSSR count). The van der Waals surface area contributed by atoms with Crippen molar-refractivity contribution in [2.24, 2.45) is 0 Å². The minimum Gasteiger partial charge on any atom is -0.481 e. The van der Waals surface area contributed by atoms with Crippen LogP contribution in [0.1, 0.15) is 41.9 Å². The lowest BCUT2D eigenvalue weighted by atomic mass is 9.93. The number of hydrogen-bond donors (Lipinski definition) is 2. The van der Waals surface area contributed by atoms with Crippen LogP contribution in [0.4, 0.5) is 10.5 Å². The van der Waals surface area contributed by atoms with Gasteiger partial charge in [0.05, 0.1) is 11.1 Å². The Morgan fingerprint density at radius 3 is 2.11 bits per heavy atom. The standard InChI is InChI=1S/C29H26N2O4S/c1-18(20-6-4-3-5-7-20)35-28(34)30-25-19(2)36-31-26(25)23-10-8-21(9-11-23)22-12-14-24(15-13-22)29(16-17-29)27(32)33/h3-15,18H,16-17H2,1-2H3,(H,30,34)(H,32,33)/t18-/m1/s1. The van der Waals surface area contributed by atoms with Crippen LogP contribution in [0.25, 0.3) is 22.4 Å². The highest BCUT2D eigenvalue weighted by molar-refractivity contribution is 7.06. The summed E-state index contributed by atoms with van der Waals surface area (Å²) in [6.45, 7) is 3.75. The highest BCUT2D eigenvalue weighted by Gasteiger charge is 2.51. The third-order valence-corrected chi connectivity index (χ3v) is 7.48. The zero-order valence-corrected chi connectivity index (χ0v) is 20.8.